The van der Waals surface area contributed by atoms with Crippen LogP contribution in [0.5, 0.6) is 0 Å². The Labute approximate surface area is 333 Å². The van der Waals surface area contributed by atoms with Gasteiger partial charge in [0.05, 0.1) is 19.8 Å². The maximum Gasteiger partial charge on any atom is 1.00 e. The van der Waals surface area contributed by atoms with Crippen molar-refractivity contribution in [2.24, 2.45) is 0 Å². The van der Waals surface area contributed by atoms with E-state index in [4.69, 9.17) is 19.1 Å². The first-order valence-electron chi connectivity index (χ1n) is 20.1. The number of hydrogen-bond donors (Lipinski definition) is 2. The maximum atomic E-state index is 12.5. The van der Waals surface area contributed by atoms with Gasteiger partial charge in [-0.05, 0) is 38.5 Å². The molecule has 51 heavy (non-hydrogen) atoms. The first-order valence-corrected chi connectivity index (χ1v) is 21.6. The van der Waals surface area contributed by atoms with Gasteiger partial charge in [0, 0.05) is 12.8 Å². The average Bonchev–Trinajstić information content (AvgIpc) is 3.10. The molecule has 0 aliphatic heterocycles. The van der Waals surface area contributed by atoms with E-state index in [1.165, 1.54) is 89.9 Å². The van der Waals surface area contributed by atoms with Gasteiger partial charge in [-0.25, -0.2) is 0 Å². The number of ether oxygens (including phenoxy) is 2. The fourth-order valence-electron chi connectivity index (χ4n) is 5.51. The Kier molecular flexibility index (Phi) is 40.8. The molecule has 0 aliphatic rings. The van der Waals surface area contributed by atoms with Crippen LogP contribution in [0, 0.1) is 0 Å². The average molecular weight is 757 g/mol. The summed E-state index contributed by atoms with van der Waals surface area (Å²) in [4.78, 5) is 37.0. The molecule has 3 atom stereocenters. The van der Waals surface area contributed by atoms with E-state index in [0.29, 0.717) is 12.8 Å². The van der Waals surface area contributed by atoms with E-state index < -0.39 is 51.8 Å². The second-order valence-electron chi connectivity index (χ2n) is 13.6. The van der Waals surface area contributed by atoms with E-state index >= 15 is 0 Å². The molecular formula is C39H74NaO10P. The van der Waals surface area contributed by atoms with Crippen LogP contribution in [0.2, 0.25) is 0 Å². The third-order valence-corrected chi connectivity index (χ3v) is 9.59. The van der Waals surface area contributed by atoms with Crippen molar-refractivity contribution < 1.29 is 77.3 Å². The molecule has 0 amide bonds. The minimum atomic E-state index is -4.86. The second-order valence-corrected chi connectivity index (χ2v) is 15.1. The molecule has 0 radical (unpaired) electrons. The van der Waals surface area contributed by atoms with Gasteiger partial charge in [0.1, 0.15) is 12.7 Å². The van der Waals surface area contributed by atoms with Crippen molar-refractivity contribution in [2.45, 2.75) is 199 Å². The summed E-state index contributed by atoms with van der Waals surface area (Å²) in [5.74, 6) is -0.964. The zero-order chi connectivity index (χ0) is 37.0. The Bertz CT molecular complexity index is 860. The molecule has 12 heteroatoms. The third kappa shape index (κ3) is 39.2. The Morgan fingerprint density at radius 3 is 1.45 bits per heavy atom. The first-order chi connectivity index (χ1) is 24.2. The molecule has 10 nitrogen and oxygen atoms in total. The minimum Gasteiger partial charge on any atom is -0.756 e. The molecule has 0 spiro atoms. The van der Waals surface area contributed by atoms with E-state index in [-0.39, 0.29) is 49.0 Å². The molecule has 0 aromatic carbocycles. The fraction of sp³-hybridized carbons (Fsp3) is 0.897. The van der Waals surface area contributed by atoms with Crippen LogP contribution < -0.4 is 34.5 Å². The number of phosphoric ester groups is 1. The van der Waals surface area contributed by atoms with Crippen LogP contribution in [0.1, 0.15) is 187 Å². The second kappa shape index (κ2) is 39.4. The summed E-state index contributed by atoms with van der Waals surface area (Å²) in [6.45, 7) is 2.18. The summed E-state index contributed by atoms with van der Waals surface area (Å²) in [7, 11) is -4.86. The number of hydrogen-bond acceptors (Lipinski definition) is 10. The van der Waals surface area contributed by atoms with Crippen molar-refractivity contribution in [3.63, 3.8) is 0 Å². The Hall–Kier alpha value is -0.290. The van der Waals surface area contributed by atoms with Gasteiger partial charge in [-0.2, -0.15) is 0 Å². The van der Waals surface area contributed by atoms with Gasteiger partial charge in [-0.1, -0.05) is 148 Å². The maximum absolute atomic E-state index is 12.5. The summed E-state index contributed by atoms with van der Waals surface area (Å²) >= 11 is 0. The number of esters is 2. The Morgan fingerprint density at radius 1 is 0.608 bits per heavy atom. The predicted octanol–water partition coefficient (Wildman–Crippen LogP) is 6.43. The van der Waals surface area contributed by atoms with Crippen LogP contribution >= 0.6 is 7.82 Å². The largest absolute Gasteiger partial charge is 1.00 e. The van der Waals surface area contributed by atoms with E-state index in [1.54, 1.807) is 0 Å². The van der Waals surface area contributed by atoms with Gasteiger partial charge < -0.3 is 33.6 Å². The minimum absolute atomic E-state index is 0. The predicted molar refractivity (Wildman–Crippen MR) is 199 cm³/mol. The summed E-state index contributed by atoms with van der Waals surface area (Å²) in [6.07, 6.45) is 31.5. The molecule has 0 fully saturated rings. The van der Waals surface area contributed by atoms with Gasteiger partial charge in [-0.3, -0.25) is 14.2 Å². The number of unbranched alkanes of at least 4 members (excludes halogenated alkanes) is 22. The molecule has 0 heterocycles. The van der Waals surface area contributed by atoms with Crippen LogP contribution in [-0.2, 0) is 32.7 Å². The number of aliphatic hydroxyl groups is 2. The van der Waals surface area contributed by atoms with Crippen LogP contribution in [0.25, 0.3) is 0 Å². The number of phosphoric acid groups is 1. The quantitative estimate of drug-likeness (QED) is 0.0237. The summed E-state index contributed by atoms with van der Waals surface area (Å²) in [5.41, 5.74) is 0. The summed E-state index contributed by atoms with van der Waals surface area (Å²) in [5, 5.41) is 18.2. The van der Waals surface area contributed by atoms with Crippen LogP contribution in [0.4, 0.5) is 0 Å². The van der Waals surface area contributed by atoms with Gasteiger partial charge in [0.2, 0.25) is 0 Å². The van der Waals surface area contributed by atoms with E-state index in [0.717, 1.165) is 57.8 Å². The summed E-state index contributed by atoms with van der Waals surface area (Å²) < 4.78 is 32.2. The standard InChI is InChI=1S/C39H75O10P.Na/c1-3-5-7-9-11-13-15-17-18-19-21-23-25-27-29-31-39(43)49-37(35-48-50(44,45)47-33-36(41)32-40)34-46-38(42)30-28-26-24-22-20-16-14-12-10-8-6-4-2;/h17-18,36-37,40-41H,3-16,19-35H2,1-2H3,(H,44,45);/q;+1/p-1/b18-17-;/t36?,37-;/m1./s1. The smallest absolute Gasteiger partial charge is 0.756 e. The van der Waals surface area contributed by atoms with E-state index in [2.05, 4.69) is 30.5 Å². The first kappa shape index (κ1) is 52.8. The monoisotopic (exact) mass is 756 g/mol. The molecule has 2 N–H and O–H groups in total. The van der Waals surface area contributed by atoms with Crippen LogP contribution in [0.3, 0.4) is 0 Å². The molecular weight excluding hydrogens is 682 g/mol. The summed E-state index contributed by atoms with van der Waals surface area (Å²) in [6, 6.07) is 0. The topological polar surface area (TPSA) is 152 Å². The van der Waals surface area contributed by atoms with Gasteiger partial charge >= 0.3 is 41.5 Å². The third-order valence-electron chi connectivity index (χ3n) is 8.66. The van der Waals surface area contributed by atoms with Crippen molar-refractivity contribution >= 4 is 19.8 Å². The number of carbonyl (C=O) groups is 2. The van der Waals surface area contributed by atoms with E-state index in [1.807, 2.05) is 0 Å². The van der Waals surface area contributed by atoms with Gasteiger partial charge in [-0.15, -0.1) is 0 Å². The molecule has 0 aromatic heterocycles. The van der Waals surface area contributed by atoms with Crippen molar-refractivity contribution in [2.75, 3.05) is 26.4 Å². The van der Waals surface area contributed by atoms with Crippen molar-refractivity contribution in [1.29, 1.82) is 0 Å². The van der Waals surface area contributed by atoms with Gasteiger partial charge in [0.25, 0.3) is 7.82 Å². The van der Waals surface area contributed by atoms with Crippen molar-refractivity contribution in [3.05, 3.63) is 12.2 Å². The molecule has 0 aromatic rings. The molecule has 0 rings (SSSR count). The number of carbonyl (C=O) groups excluding carboxylic acids is 2. The number of rotatable bonds is 38. The molecule has 296 valence electrons. The molecule has 0 bridgehead atoms. The fourth-order valence-corrected chi connectivity index (χ4v) is 6.29. The van der Waals surface area contributed by atoms with Gasteiger partial charge in [0.15, 0.2) is 6.10 Å². The molecule has 0 saturated carbocycles. The van der Waals surface area contributed by atoms with Crippen molar-refractivity contribution in [3.8, 4) is 0 Å². The Morgan fingerprint density at radius 2 is 1.00 bits per heavy atom. The normalized spacial score (nSPS) is 13.8. The Balaban J connectivity index is 0. The van der Waals surface area contributed by atoms with Crippen molar-refractivity contribution in [1.82, 2.24) is 0 Å². The number of aliphatic hydroxyl groups excluding tert-OH is 2. The van der Waals surface area contributed by atoms with Crippen LogP contribution in [0.15, 0.2) is 12.2 Å². The number of allylic oxidation sites excluding steroid dienone is 2. The van der Waals surface area contributed by atoms with Crippen LogP contribution in [-0.4, -0.2) is 60.8 Å². The molecule has 0 saturated heterocycles. The zero-order valence-electron chi connectivity index (χ0n) is 32.8. The molecule has 0 aliphatic carbocycles. The van der Waals surface area contributed by atoms with E-state index in [9.17, 15) is 24.2 Å². The molecule has 2 unspecified atom stereocenters. The zero-order valence-corrected chi connectivity index (χ0v) is 35.7. The SMILES string of the molecule is CCCCCCCC/C=C\CCCCCCCC(=O)O[C@H](COC(=O)CCCCCCCCCCCCCC)COP(=O)([O-])OCC(O)CO.[Na+].